The van der Waals surface area contributed by atoms with Gasteiger partial charge in [-0.05, 0) is 29.8 Å². The van der Waals surface area contributed by atoms with E-state index in [4.69, 9.17) is 21.1 Å². The molecule has 0 saturated heterocycles. The van der Waals surface area contributed by atoms with Crippen LogP contribution in [0.2, 0.25) is 5.02 Å². The van der Waals surface area contributed by atoms with Gasteiger partial charge in [0.1, 0.15) is 11.5 Å². The van der Waals surface area contributed by atoms with Crippen molar-refractivity contribution in [1.29, 1.82) is 0 Å². The first-order chi connectivity index (χ1) is 11.0. The minimum Gasteiger partial charge on any atom is -0.497 e. The second-order valence-electron chi connectivity index (χ2n) is 5.23. The number of carbonyl (C=O) groups is 1. The van der Waals surface area contributed by atoms with Gasteiger partial charge in [0.05, 0.1) is 20.6 Å². The lowest BCUT2D eigenvalue weighted by Crippen LogP contribution is -2.27. The highest BCUT2D eigenvalue weighted by Crippen LogP contribution is 2.25. The molecule has 0 aliphatic carbocycles. The van der Waals surface area contributed by atoms with E-state index in [-0.39, 0.29) is 5.91 Å². The van der Waals surface area contributed by atoms with Crippen LogP contribution in [0.25, 0.3) is 0 Å². The molecule has 23 heavy (non-hydrogen) atoms. The smallest absolute Gasteiger partial charge is 0.227 e. The molecule has 5 heteroatoms. The summed E-state index contributed by atoms with van der Waals surface area (Å²) in [6.45, 7) is 0.472. The Morgan fingerprint density at radius 1 is 1.09 bits per heavy atom. The zero-order valence-electron chi connectivity index (χ0n) is 13.5. The first-order valence-corrected chi connectivity index (χ1v) is 7.60. The van der Waals surface area contributed by atoms with Gasteiger partial charge in [-0.2, -0.15) is 0 Å². The molecule has 4 nitrogen and oxygen atoms in total. The van der Waals surface area contributed by atoms with Crippen molar-refractivity contribution >= 4 is 17.5 Å². The second-order valence-corrected chi connectivity index (χ2v) is 5.67. The van der Waals surface area contributed by atoms with E-state index in [1.807, 2.05) is 30.3 Å². The SMILES string of the molecule is COc1ccc(CN(C)C(=O)Cc2ccc(Cl)cc2)c(OC)c1. The highest BCUT2D eigenvalue weighted by Gasteiger charge is 2.13. The fraction of sp³-hybridized carbons (Fsp3) is 0.278. The standard InChI is InChI=1S/C18H20ClNO3/c1-20(18(21)10-13-4-7-15(19)8-5-13)12-14-6-9-16(22-2)11-17(14)23-3/h4-9,11H,10,12H2,1-3H3. The van der Waals surface area contributed by atoms with E-state index in [9.17, 15) is 4.79 Å². The fourth-order valence-corrected chi connectivity index (χ4v) is 2.36. The number of hydrogen-bond donors (Lipinski definition) is 0. The first-order valence-electron chi connectivity index (χ1n) is 7.22. The van der Waals surface area contributed by atoms with Crippen molar-refractivity contribution in [2.24, 2.45) is 0 Å². The number of benzene rings is 2. The number of methoxy groups -OCH3 is 2. The summed E-state index contributed by atoms with van der Waals surface area (Å²) in [6, 6.07) is 12.9. The molecule has 0 saturated carbocycles. The number of nitrogens with zero attached hydrogens (tertiary/aromatic N) is 1. The van der Waals surface area contributed by atoms with Crippen molar-refractivity contribution in [1.82, 2.24) is 4.90 Å². The third-order valence-corrected chi connectivity index (χ3v) is 3.85. The van der Waals surface area contributed by atoms with Crippen LogP contribution in [0.3, 0.4) is 0 Å². The zero-order chi connectivity index (χ0) is 16.8. The van der Waals surface area contributed by atoms with Crippen LogP contribution >= 0.6 is 11.6 Å². The Hall–Kier alpha value is -2.20. The summed E-state index contributed by atoms with van der Waals surface area (Å²) >= 11 is 5.86. The summed E-state index contributed by atoms with van der Waals surface area (Å²) in [5.41, 5.74) is 1.87. The molecule has 2 rings (SSSR count). The monoisotopic (exact) mass is 333 g/mol. The molecule has 2 aromatic carbocycles. The van der Waals surface area contributed by atoms with Gasteiger partial charge in [0.15, 0.2) is 0 Å². The molecule has 122 valence electrons. The Bertz CT molecular complexity index is 670. The molecule has 0 heterocycles. The van der Waals surface area contributed by atoms with Gasteiger partial charge in [-0.25, -0.2) is 0 Å². The Kier molecular flexibility index (Phi) is 5.88. The summed E-state index contributed by atoms with van der Waals surface area (Å²) in [7, 11) is 4.99. The van der Waals surface area contributed by atoms with Crippen LogP contribution in [-0.4, -0.2) is 32.1 Å². The van der Waals surface area contributed by atoms with Crippen molar-refractivity contribution in [3.05, 3.63) is 58.6 Å². The summed E-state index contributed by atoms with van der Waals surface area (Å²) < 4.78 is 10.5. The van der Waals surface area contributed by atoms with E-state index in [2.05, 4.69) is 0 Å². The number of rotatable bonds is 6. The highest BCUT2D eigenvalue weighted by atomic mass is 35.5. The van der Waals surface area contributed by atoms with E-state index >= 15 is 0 Å². The molecule has 0 fully saturated rings. The maximum absolute atomic E-state index is 12.4. The van der Waals surface area contributed by atoms with Gasteiger partial charge in [-0.1, -0.05) is 23.7 Å². The maximum Gasteiger partial charge on any atom is 0.227 e. The van der Waals surface area contributed by atoms with Crippen LogP contribution in [0.5, 0.6) is 11.5 Å². The Labute approximate surface area is 141 Å². The molecule has 0 aliphatic heterocycles. The van der Waals surface area contributed by atoms with Crippen molar-refractivity contribution < 1.29 is 14.3 Å². The Morgan fingerprint density at radius 3 is 2.39 bits per heavy atom. The van der Waals surface area contributed by atoms with E-state index in [1.54, 1.807) is 38.3 Å². The van der Waals surface area contributed by atoms with Crippen molar-refractivity contribution in [2.75, 3.05) is 21.3 Å². The number of ether oxygens (including phenoxy) is 2. The number of hydrogen-bond acceptors (Lipinski definition) is 3. The zero-order valence-corrected chi connectivity index (χ0v) is 14.3. The molecule has 0 N–H and O–H groups in total. The molecule has 2 aromatic rings. The van der Waals surface area contributed by atoms with Gasteiger partial charge in [-0.15, -0.1) is 0 Å². The fourth-order valence-electron chi connectivity index (χ4n) is 2.24. The lowest BCUT2D eigenvalue weighted by Gasteiger charge is -2.19. The second kappa shape index (κ2) is 7.88. The van der Waals surface area contributed by atoms with E-state index in [1.165, 1.54) is 0 Å². The maximum atomic E-state index is 12.4. The normalized spacial score (nSPS) is 10.3. The van der Waals surface area contributed by atoms with E-state index < -0.39 is 0 Å². The number of halogens is 1. The van der Waals surface area contributed by atoms with Gasteiger partial charge in [0.2, 0.25) is 5.91 Å². The van der Waals surface area contributed by atoms with Crippen LogP contribution in [0.15, 0.2) is 42.5 Å². The first kappa shape index (κ1) is 17.2. The van der Waals surface area contributed by atoms with Crippen LogP contribution in [0.1, 0.15) is 11.1 Å². The van der Waals surface area contributed by atoms with Crippen LogP contribution < -0.4 is 9.47 Å². The third kappa shape index (κ3) is 4.63. The minimum atomic E-state index is 0.0326. The van der Waals surface area contributed by atoms with E-state index in [0.29, 0.717) is 23.7 Å². The lowest BCUT2D eigenvalue weighted by molar-refractivity contribution is -0.129. The number of likely N-dealkylation sites (N-methyl/N-ethyl adjacent to an activating group) is 1. The number of amides is 1. The summed E-state index contributed by atoms with van der Waals surface area (Å²) in [6.07, 6.45) is 0.339. The van der Waals surface area contributed by atoms with Gasteiger partial charge >= 0.3 is 0 Å². The Morgan fingerprint density at radius 2 is 1.78 bits per heavy atom. The highest BCUT2D eigenvalue weighted by molar-refractivity contribution is 6.30. The summed E-state index contributed by atoms with van der Waals surface area (Å²) in [5, 5.41) is 0.664. The Balaban J connectivity index is 2.04. The molecule has 0 radical (unpaired) electrons. The van der Waals surface area contributed by atoms with Gasteiger partial charge in [0, 0.05) is 30.2 Å². The predicted molar refractivity (Wildman–Crippen MR) is 91.2 cm³/mol. The molecule has 0 bridgehead atoms. The predicted octanol–water partition coefficient (Wildman–Crippen LogP) is 3.56. The molecular weight excluding hydrogens is 314 g/mol. The van der Waals surface area contributed by atoms with Crippen molar-refractivity contribution in [3.8, 4) is 11.5 Å². The molecular formula is C18H20ClNO3. The van der Waals surface area contributed by atoms with Crippen molar-refractivity contribution in [3.63, 3.8) is 0 Å². The van der Waals surface area contributed by atoms with Gasteiger partial charge in [-0.3, -0.25) is 4.79 Å². The van der Waals surface area contributed by atoms with Crippen LogP contribution in [-0.2, 0) is 17.8 Å². The average molecular weight is 334 g/mol. The third-order valence-electron chi connectivity index (χ3n) is 3.60. The molecule has 0 atom stereocenters. The summed E-state index contributed by atoms with van der Waals surface area (Å²) in [4.78, 5) is 14.0. The van der Waals surface area contributed by atoms with Crippen LogP contribution in [0.4, 0.5) is 0 Å². The van der Waals surface area contributed by atoms with E-state index in [0.717, 1.165) is 16.9 Å². The molecule has 0 aliphatic rings. The molecule has 0 unspecified atom stereocenters. The molecule has 0 spiro atoms. The van der Waals surface area contributed by atoms with Crippen LogP contribution in [0, 0.1) is 0 Å². The molecule has 0 aromatic heterocycles. The van der Waals surface area contributed by atoms with Crippen molar-refractivity contribution in [2.45, 2.75) is 13.0 Å². The quantitative estimate of drug-likeness (QED) is 0.811. The summed E-state index contributed by atoms with van der Waals surface area (Å²) in [5.74, 6) is 1.46. The topological polar surface area (TPSA) is 38.8 Å². The minimum absolute atomic E-state index is 0.0326. The van der Waals surface area contributed by atoms with Gasteiger partial charge < -0.3 is 14.4 Å². The largest absolute Gasteiger partial charge is 0.497 e. The lowest BCUT2D eigenvalue weighted by atomic mass is 10.1. The average Bonchev–Trinajstić information content (AvgIpc) is 2.57. The molecule has 1 amide bonds. The van der Waals surface area contributed by atoms with Gasteiger partial charge in [0.25, 0.3) is 0 Å². The number of carbonyl (C=O) groups excluding carboxylic acids is 1.